The monoisotopic (exact) mass is 288 g/mol. The van der Waals surface area contributed by atoms with E-state index in [0.29, 0.717) is 5.82 Å². The fourth-order valence-electron chi connectivity index (χ4n) is 2.44. The lowest BCUT2D eigenvalue weighted by Gasteiger charge is -2.23. The zero-order valence-corrected chi connectivity index (χ0v) is 12.1. The molecule has 2 aromatic heterocycles. The lowest BCUT2D eigenvalue weighted by molar-refractivity contribution is -0.123. The van der Waals surface area contributed by atoms with Crippen LogP contribution in [-0.2, 0) is 4.79 Å². The van der Waals surface area contributed by atoms with E-state index < -0.39 is 0 Å². The van der Waals surface area contributed by atoms with Gasteiger partial charge in [-0.2, -0.15) is 0 Å². The van der Waals surface area contributed by atoms with Gasteiger partial charge in [0.1, 0.15) is 11.9 Å². The Hall–Kier alpha value is -2.31. The van der Waals surface area contributed by atoms with E-state index in [9.17, 15) is 4.79 Å². The highest BCUT2D eigenvalue weighted by Gasteiger charge is 2.23. The molecule has 7 nitrogen and oxygen atoms in total. The summed E-state index contributed by atoms with van der Waals surface area (Å²) in [5.74, 6) is 1.45. The van der Waals surface area contributed by atoms with Crippen molar-refractivity contribution in [3.05, 3.63) is 18.6 Å². The Kier molecular flexibility index (Phi) is 3.89. The first-order valence-corrected chi connectivity index (χ1v) is 7.39. The van der Waals surface area contributed by atoms with E-state index in [0.717, 1.165) is 43.8 Å². The van der Waals surface area contributed by atoms with Crippen LogP contribution in [0.25, 0.3) is 5.65 Å². The first kappa shape index (κ1) is 13.7. The summed E-state index contributed by atoms with van der Waals surface area (Å²) in [5.41, 5.74) is 0.732. The number of hydrogen-bond acceptors (Lipinski definition) is 5. The van der Waals surface area contributed by atoms with Gasteiger partial charge in [0.15, 0.2) is 11.5 Å². The Labute approximate surface area is 123 Å². The van der Waals surface area contributed by atoms with Gasteiger partial charge in [-0.15, -0.1) is 0 Å². The lowest BCUT2D eigenvalue weighted by atomic mass is 10.1. The van der Waals surface area contributed by atoms with Crippen molar-refractivity contribution >= 4 is 23.2 Å². The predicted octanol–water partition coefficient (Wildman–Crippen LogP) is 1.24. The Bertz CT molecular complexity index is 637. The molecule has 2 aromatic rings. The molecule has 1 unspecified atom stereocenters. The topological polar surface area (TPSA) is 83.4 Å². The van der Waals surface area contributed by atoms with Crippen molar-refractivity contribution in [2.24, 2.45) is 0 Å². The summed E-state index contributed by atoms with van der Waals surface area (Å²) < 4.78 is 1.91. The molecule has 1 aliphatic rings. The Morgan fingerprint density at radius 2 is 2.43 bits per heavy atom. The van der Waals surface area contributed by atoms with Gasteiger partial charge in [-0.3, -0.25) is 4.79 Å². The van der Waals surface area contributed by atoms with Gasteiger partial charge in [-0.25, -0.2) is 9.97 Å². The molecule has 1 aliphatic heterocycles. The number of aromatic nitrogens is 3. The van der Waals surface area contributed by atoms with Crippen molar-refractivity contribution in [2.45, 2.75) is 32.2 Å². The molecule has 0 aromatic carbocycles. The van der Waals surface area contributed by atoms with Gasteiger partial charge >= 0.3 is 0 Å². The summed E-state index contributed by atoms with van der Waals surface area (Å²) in [5, 5.41) is 9.37. The third-order valence-corrected chi connectivity index (χ3v) is 3.53. The van der Waals surface area contributed by atoms with Crippen LogP contribution >= 0.6 is 0 Å². The molecule has 21 heavy (non-hydrogen) atoms. The predicted molar refractivity (Wildman–Crippen MR) is 81.4 cm³/mol. The second kappa shape index (κ2) is 5.99. The minimum absolute atomic E-state index is 0.0275. The number of rotatable bonds is 5. The van der Waals surface area contributed by atoms with Crippen LogP contribution in [0.3, 0.4) is 0 Å². The lowest BCUT2D eigenvalue weighted by Crippen LogP contribution is -2.44. The summed E-state index contributed by atoms with van der Waals surface area (Å²) in [6.45, 7) is 3.71. The van der Waals surface area contributed by atoms with Crippen LogP contribution in [0, 0.1) is 0 Å². The highest BCUT2D eigenvalue weighted by molar-refractivity contribution is 5.86. The van der Waals surface area contributed by atoms with E-state index in [1.165, 1.54) is 0 Å². The molecule has 0 radical (unpaired) electrons. The van der Waals surface area contributed by atoms with Crippen molar-refractivity contribution < 1.29 is 4.79 Å². The second-order valence-electron chi connectivity index (χ2n) is 5.19. The van der Waals surface area contributed by atoms with Crippen LogP contribution in [0.15, 0.2) is 18.6 Å². The van der Waals surface area contributed by atoms with E-state index in [1.807, 2.05) is 16.8 Å². The van der Waals surface area contributed by atoms with Crippen molar-refractivity contribution in [3.63, 3.8) is 0 Å². The van der Waals surface area contributed by atoms with E-state index in [-0.39, 0.29) is 11.9 Å². The molecule has 3 rings (SSSR count). The van der Waals surface area contributed by atoms with Gasteiger partial charge in [-0.05, 0) is 19.3 Å². The fourth-order valence-corrected chi connectivity index (χ4v) is 2.44. The average Bonchev–Trinajstić information content (AvgIpc) is 2.96. The number of hydrogen-bond donors (Lipinski definition) is 3. The highest BCUT2D eigenvalue weighted by Crippen LogP contribution is 2.19. The van der Waals surface area contributed by atoms with Crippen LogP contribution in [0.1, 0.15) is 26.2 Å². The molecule has 1 saturated heterocycles. The molecule has 0 aliphatic carbocycles. The molecule has 0 saturated carbocycles. The maximum Gasteiger partial charge on any atom is 0.242 e. The van der Waals surface area contributed by atoms with Gasteiger partial charge in [0.2, 0.25) is 5.91 Å². The van der Waals surface area contributed by atoms with Crippen molar-refractivity contribution in [1.82, 2.24) is 19.7 Å². The summed E-state index contributed by atoms with van der Waals surface area (Å²) in [4.78, 5) is 20.7. The number of nitrogens with zero attached hydrogens (tertiary/aromatic N) is 3. The van der Waals surface area contributed by atoms with E-state index in [4.69, 9.17) is 0 Å². The molecule has 7 heteroatoms. The van der Waals surface area contributed by atoms with Gasteiger partial charge in [0.05, 0.1) is 6.20 Å². The van der Waals surface area contributed by atoms with Crippen molar-refractivity contribution in [1.29, 1.82) is 0 Å². The standard InChI is InChI=1S/C14H20N6O/c1-2-5-15-11-9-20-8-7-16-13(20)12(19-11)18-10-4-3-6-17-14(10)21/h7-10,15H,2-6H2,1H3,(H,17,21)(H,18,19). The Morgan fingerprint density at radius 1 is 1.52 bits per heavy atom. The molecule has 1 atom stereocenters. The molecule has 0 spiro atoms. The average molecular weight is 288 g/mol. The molecular weight excluding hydrogens is 268 g/mol. The van der Waals surface area contributed by atoms with Crippen LogP contribution < -0.4 is 16.0 Å². The third-order valence-electron chi connectivity index (χ3n) is 3.53. The first-order chi connectivity index (χ1) is 10.3. The number of piperidine rings is 1. The summed E-state index contributed by atoms with van der Waals surface area (Å²) >= 11 is 0. The van der Waals surface area contributed by atoms with Crippen LogP contribution in [0.2, 0.25) is 0 Å². The van der Waals surface area contributed by atoms with Crippen molar-refractivity contribution in [3.8, 4) is 0 Å². The minimum Gasteiger partial charge on any atom is -0.369 e. The largest absolute Gasteiger partial charge is 0.369 e. The third kappa shape index (κ3) is 2.91. The molecule has 0 bridgehead atoms. The number of carbonyl (C=O) groups is 1. The maximum atomic E-state index is 11.9. The van der Waals surface area contributed by atoms with E-state index in [2.05, 4.69) is 32.8 Å². The molecular formula is C14H20N6O. The number of amides is 1. The molecule has 3 N–H and O–H groups in total. The number of anilines is 2. The number of nitrogens with one attached hydrogen (secondary N) is 3. The Morgan fingerprint density at radius 3 is 3.24 bits per heavy atom. The summed E-state index contributed by atoms with van der Waals surface area (Å²) in [6.07, 6.45) is 8.32. The maximum absolute atomic E-state index is 11.9. The van der Waals surface area contributed by atoms with E-state index in [1.54, 1.807) is 6.20 Å². The van der Waals surface area contributed by atoms with Gasteiger partial charge in [-0.1, -0.05) is 6.92 Å². The number of carbonyl (C=O) groups excluding carboxylic acids is 1. The Balaban J connectivity index is 1.88. The first-order valence-electron chi connectivity index (χ1n) is 7.39. The van der Waals surface area contributed by atoms with Crippen LogP contribution in [0.5, 0.6) is 0 Å². The molecule has 1 amide bonds. The molecule has 3 heterocycles. The van der Waals surface area contributed by atoms with Crippen molar-refractivity contribution in [2.75, 3.05) is 23.7 Å². The van der Waals surface area contributed by atoms with Gasteiger partial charge in [0, 0.05) is 25.5 Å². The van der Waals surface area contributed by atoms with Crippen LogP contribution in [-0.4, -0.2) is 39.4 Å². The SMILES string of the molecule is CCCNc1cn2ccnc2c(NC2CCCNC2=O)n1. The van der Waals surface area contributed by atoms with E-state index >= 15 is 0 Å². The van der Waals surface area contributed by atoms with Gasteiger partial charge in [0.25, 0.3) is 0 Å². The zero-order chi connectivity index (χ0) is 14.7. The molecule has 1 fully saturated rings. The quantitative estimate of drug-likeness (QED) is 0.771. The van der Waals surface area contributed by atoms with Gasteiger partial charge < -0.3 is 20.4 Å². The fraction of sp³-hybridized carbons (Fsp3) is 0.500. The zero-order valence-electron chi connectivity index (χ0n) is 12.1. The normalized spacial score (nSPS) is 18.5. The number of fused-ring (bicyclic) bond motifs is 1. The second-order valence-corrected chi connectivity index (χ2v) is 5.19. The smallest absolute Gasteiger partial charge is 0.242 e. The van der Waals surface area contributed by atoms with Crippen LogP contribution in [0.4, 0.5) is 11.6 Å². The molecule has 112 valence electrons. The minimum atomic E-state index is -0.242. The summed E-state index contributed by atoms with van der Waals surface area (Å²) in [7, 11) is 0. The number of imidazole rings is 1. The summed E-state index contributed by atoms with van der Waals surface area (Å²) in [6, 6.07) is -0.242. The highest BCUT2D eigenvalue weighted by atomic mass is 16.2.